The van der Waals surface area contributed by atoms with Gasteiger partial charge in [0.1, 0.15) is 11.4 Å². The maximum absolute atomic E-state index is 13.5. The maximum atomic E-state index is 13.5. The fraction of sp³-hybridized carbons (Fsp3) is 0.115. The Balaban J connectivity index is 1.54. The molecule has 35 heavy (non-hydrogen) atoms. The number of rotatable bonds is 6. The molecule has 1 N–H and O–H groups in total. The third-order valence-electron chi connectivity index (χ3n) is 5.64. The number of hydrogen-bond donors (Lipinski definition) is 1. The van der Waals surface area contributed by atoms with Crippen LogP contribution in [-0.4, -0.2) is 43.0 Å². The van der Waals surface area contributed by atoms with Crippen LogP contribution in [0.15, 0.2) is 79.0 Å². The molecule has 0 radical (unpaired) electrons. The fourth-order valence-corrected chi connectivity index (χ4v) is 3.80. The van der Waals surface area contributed by atoms with Crippen molar-refractivity contribution in [1.29, 1.82) is 0 Å². The number of ether oxygens (including phenoxy) is 1. The fourth-order valence-electron chi connectivity index (χ4n) is 3.80. The van der Waals surface area contributed by atoms with E-state index >= 15 is 0 Å². The van der Waals surface area contributed by atoms with Crippen molar-refractivity contribution >= 4 is 11.6 Å². The van der Waals surface area contributed by atoms with E-state index in [0.717, 1.165) is 22.5 Å². The van der Waals surface area contributed by atoms with Gasteiger partial charge in [-0.05, 0) is 66.2 Å². The predicted octanol–water partition coefficient (Wildman–Crippen LogP) is 4.39. The molecule has 0 atom stereocenters. The Kier molecular flexibility index (Phi) is 5.80. The smallest absolute Gasteiger partial charge is 0.259 e. The van der Waals surface area contributed by atoms with E-state index in [2.05, 4.69) is 20.8 Å². The van der Waals surface area contributed by atoms with E-state index in [4.69, 9.17) is 9.84 Å². The van der Waals surface area contributed by atoms with Gasteiger partial charge >= 0.3 is 0 Å². The van der Waals surface area contributed by atoms with Crippen molar-refractivity contribution < 1.29 is 9.53 Å². The zero-order chi connectivity index (χ0) is 24.4. The number of benzene rings is 3. The molecule has 2 heterocycles. The van der Waals surface area contributed by atoms with E-state index in [1.54, 1.807) is 22.7 Å². The number of aromatic nitrogens is 6. The summed E-state index contributed by atoms with van der Waals surface area (Å²) in [5, 5.41) is 19.5. The lowest BCUT2D eigenvalue weighted by Gasteiger charge is -2.11. The highest BCUT2D eigenvalue weighted by Gasteiger charge is 2.20. The molecule has 0 aliphatic rings. The Morgan fingerprint density at radius 1 is 0.971 bits per heavy atom. The van der Waals surface area contributed by atoms with Gasteiger partial charge in [0.25, 0.3) is 5.91 Å². The summed E-state index contributed by atoms with van der Waals surface area (Å²) in [4.78, 5) is 13.5. The number of hydrogen-bond acceptors (Lipinski definition) is 6. The summed E-state index contributed by atoms with van der Waals surface area (Å²) in [5.74, 6) is 1.05. The van der Waals surface area contributed by atoms with Gasteiger partial charge < -0.3 is 10.1 Å². The van der Waals surface area contributed by atoms with Crippen molar-refractivity contribution in [1.82, 2.24) is 30.0 Å². The average Bonchev–Trinajstić information content (AvgIpc) is 3.52. The minimum absolute atomic E-state index is 0.284. The van der Waals surface area contributed by atoms with Gasteiger partial charge in [-0.3, -0.25) is 4.79 Å². The number of carbonyl (C=O) groups is 1. The monoisotopic (exact) mass is 465 g/mol. The molecule has 3 aromatic carbocycles. The molecule has 9 nitrogen and oxygen atoms in total. The summed E-state index contributed by atoms with van der Waals surface area (Å²) in [6.45, 7) is 3.79. The number of aryl methyl sites for hydroxylation is 2. The van der Waals surface area contributed by atoms with Crippen LogP contribution in [0.5, 0.6) is 5.75 Å². The van der Waals surface area contributed by atoms with Gasteiger partial charge in [0.2, 0.25) is 0 Å². The Morgan fingerprint density at radius 2 is 1.80 bits per heavy atom. The molecule has 0 aliphatic heterocycles. The number of amides is 1. The lowest BCUT2D eigenvalue weighted by molar-refractivity contribution is 0.102. The van der Waals surface area contributed by atoms with Gasteiger partial charge in [0.15, 0.2) is 5.82 Å². The molecule has 0 bridgehead atoms. The van der Waals surface area contributed by atoms with Crippen molar-refractivity contribution in [3.05, 3.63) is 95.9 Å². The molecule has 1 amide bonds. The van der Waals surface area contributed by atoms with Crippen LogP contribution in [0.25, 0.3) is 22.6 Å². The van der Waals surface area contributed by atoms with Crippen molar-refractivity contribution in [2.24, 2.45) is 0 Å². The zero-order valence-electron chi connectivity index (χ0n) is 19.5. The van der Waals surface area contributed by atoms with Crippen LogP contribution in [0.4, 0.5) is 5.69 Å². The standard InChI is InChI=1S/C26H23N7O2/c1-17-12-13-20(15-24(17)33-18(2)28-30-31-33)27-26(34)23-16-32(21-9-5-4-6-10-21)29-25(23)19-8-7-11-22(14-19)35-3/h4-16H,1-3H3,(H,27,34). The number of anilines is 1. The first kappa shape index (κ1) is 22.0. The number of nitrogens with one attached hydrogen (secondary N) is 1. The van der Waals surface area contributed by atoms with E-state index in [9.17, 15) is 4.79 Å². The average molecular weight is 466 g/mol. The minimum atomic E-state index is -0.284. The lowest BCUT2D eigenvalue weighted by Crippen LogP contribution is -2.13. The van der Waals surface area contributed by atoms with Crippen LogP contribution in [0.1, 0.15) is 21.7 Å². The van der Waals surface area contributed by atoms with E-state index in [1.165, 1.54) is 0 Å². The number of nitrogens with zero attached hydrogens (tertiary/aromatic N) is 6. The van der Waals surface area contributed by atoms with Crippen molar-refractivity contribution in [3.8, 4) is 28.4 Å². The Labute approximate surface area is 202 Å². The van der Waals surface area contributed by atoms with Gasteiger partial charge in [-0.1, -0.05) is 36.4 Å². The minimum Gasteiger partial charge on any atom is -0.497 e. The SMILES string of the molecule is COc1cccc(-c2nn(-c3ccccc3)cc2C(=O)Nc2ccc(C)c(-n3nnnc3C)c2)c1. The first-order valence-electron chi connectivity index (χ1n) is 11.0. The van der Waals surface area contributed by atoms with E-state index < -0.39 is 0 Å². The van der Waals surface area contributed by atoms with Crippen LogP contribution in [-0.2, 0) is 0 Å². The van der Waals surface area contributed by atoms with Crippen LogP contribution in [0, 0.1) is 13.8 Å². The first-order valence-corrected chi connectivity index (χ1v) is 11.0. The van der Waals surface area contributed by atoms with Crippen molar-refractivity contribution in [2.75, 3.05) is 12.4 Å². The summed E-state index contributed by atoms with van der Waals surface area (Å²) in [6.07, 6.45) is 1.74. The maximum Gasteiger partial charge on any atom is 0.259 e. The van der Waals surface area contributed by atoms with Gasteiger partial charge in [-0.2, -0.15) is 9.78 Å². The van der Waals surface area contributed by atoms with E-state index in [1.807, 2.05) is 86.6 Å². The molecule has 174 valence electrons. The quantitative estimate of drug-likeness (QED) is 0.399. The van der Waals surface area contributed by atoms with Crippen LogP contribution >= 0.6 is 0 Å². The molecule has 5 rings (SSSR count). The zero-order valence-corrected chi connectivity index (χ0v) is 19.5. The van der Waals surface area contributed by atoms with Gasteiger partial charge in [-0.15, -0.1) is 5.10 Å². The second-order valence-electron chi connectivity index (χ2n) is 8.00. The Bertz CT molecular complexity index is 1510. The second-order valence-corrected chi connectivity index (χ2v) is 8.00. The van der Waals surface area contributed by atoms with Gasteiger partial charge in [0, 0.05) is 17.4 Å². The summed E-state index contributed by atoms with van der Waals surface area (Å²) in [7, 11) is 1.61. The van der Waals surface area contributed by atoms with Crippen LogP contribution in [0.2, 0.25) is 0 Å². The molecule has 0 saturated carbocycles. The van der Waals surface area contributed by atoms with Gasteiger partial charge in [-0.25, -0.2) is 4.68 Å². The number of para-hydroxylation sites is 1. The summed E-state index contributed by atoms with van der Waals surface area (Å²) in [6, 6.07) is 22.8. The number of methoxy groups -OCH3 is 1. The molecular weight excluding hydrogens is 442 g/mol. The molecule has 0 spiro atoms. The number of carbonyl (C=O) groups excluding carboxylic acids is 1. The third-order valence-corrected chi connectivity index (χ3v) is 5.64. The molecule has 0 aliphatic carbocycles. The molecule has 0 saturated heterocycles. The van der Waals surface area contributed by atoms with Crippen LogP contribution < -0.4 is 10.1 Å². The molecule has 5 aromatic rings. The van der Waals surface area contributed by atoms with Gasteiger partial charge in [0.05, 0.1) is 24.0 Å². The normalized spacial score (nSPS) is 10.8. The Morgan fingerprint density at radius 3 is 2.54 bits per heavy atom. The largest absolute Gasteiger partial charge is 0.497 e. The van der Waals surface area contributed by atoms with Crippen molar-refractivity contribution in [2.45, 2.75) is 13.8 Å². The number of tetrazole rings is 1. The Hall–Kier alpha value is -4.79. The van der Waals surface area contributed by atoms with E-state index in [0.29, 0.717) is 28.5 Å². The molecule has 9 heteroatoms. The predicted molar refractivity (Wildman–Crippen MR) is 132 cm³/mol. The topological polar surface area (TPSA) is 99.8 Å². The summed E-state index contributed by atoms with van der Waals surface area (Å²) >= 11 is 0. The summed E-state index contributed by atoms with van der Waals surface area (Å²) in [5.41, 5.74) is 5.00. The first-order chi connectivity index (χ1) is 17.0. The van der Waals surface area contributed by atoms with Crippen molar-refractivity contribution in [3.63, 3.8) is 0 Å². The lowest BCUT2D eigenvalue weighted by atomic mass is 10.1. The third kappa shape index (κ3) is 4.39. The highest BCUT2D eigenvalue weighted by Crippen LogP contribution is 2.28. The van der Waals surface area contributed by atoms with Crippen LogP contribution in [0.3, 0.4) is 0 Å². The highest BCUT2D eigenvalue weighted by molar-refractivity contribution is 6.08. The molecule has 0 unspecified atom stereocenters. The molecule has 0 fully saturated rings. The molecule has 2 aromatic heterocycles. The summed E-state index contributed by atoms with van der Waals surface area (Å²) < 4.78 is 8.72. The van der Waals surface area contributed by atoms with E-state index in [-0.39, 0.29) is 5.91 Å². The molecular formula is C26H23N7O2. The second kappa shape index (κ2) is 9.22. The highest BCUT2D eigenvalue weighted by atomic mass is 16.5.